The molecule has 28 heavy (non-hydrogen) atoms. The van der Waals surface area contributed by atoms with Crippen molar-refractivity contribution in [3.8, 4) is 0 Å². The van der Waals surface area contributed by atoms with Crippen LogP contribution in [0.25, 0.3) is 17.2 Å². The highest BCUT2D eigenvalue weighted by Gasteiger charge is 2.09. The van der Waals surface area contributed by atoms with Gasteiger partial charge < -0.3 is 4.42 Å². The first-order chi connectivity index (χ1) is 13.6. The first-order valence-electron chi connectivity index (χ1n) is 8.30. The zero-order chi connectivity index (χ0) is 19.5. The van der Waals surface area contributed by atoms with Crippen LogP contribution in [0, 0.1) is 11.6 Å². The van der Waals surface area contributed by atoms with Crippen LogP contribution in [0.3, 0.4) is 0 Å². The van der Waals surface area contributed by atoms with E-state index in [1.807, 2.05) is 18.2 Å². The summed E-state index contributed by atoms with van der Waals surface area (Å²) in [4.78, 5) is 21.2. The van der Waals surface area contributed by atoms with Crippen molar-refractivity contribution in [1.82, 2.24) is 9.97 Å². The molecule has 0 aliphatic rings. The zero-order valence-corrected chi connectivity index (χ0v) is 15.2. The zero-order valence-electron chi connectivity index (χ0n) is 14.4. The van der Waals surface area contributed by atoms with E-state index in [0.717, 1.165) is 10.9 Å². The number of fused-ring (bicyclic) bond motifs is 1. The van der Waals surface area contributed by atoms with Gasteiger partial charge in [-0.15, -0.1) is 11.3 Å². The molecule has 2 aromatic carbocycles. The van der Waals surface area contributed by atoms with Crippen LogP contribution in [0.4, 0.5) is 13.9 Å². The molecule has 0 saturated heterocycles. The lowest BCUT2D eigenvalue weighted by Gasteiger charge is -2.00. The van der Waals surface area contributed by atoms with Gasteiger partial charge in [0.05, 0.1) is 0 Å². The van der Waals surface area contributed by atoms with Crippen LogP contribution in [-0.4, -0.2) is 15.9 Å². The van der Waals surface area contributed by atoms with Crippen LogP contribution >= 0.6 is 11.3 Å². The molecule has 0 fully saturated rings. The van der Waals surface area contributed by atoms with E-state index >= 15 is 0 Å². The number of halogens is 2. The molecule has 0 saturated carbocycles. The van der Waals surface area contributed by atoms with E-state index in [9.17, 15) is 13.6 Å². The molecule has 2 heterocycles. The van der Waals surface area contributed by atoms with E-state index < -0.39 is 17.5 Å². The van der Waals surface area contributed by atoms with E-state index in [-0.39, 0.29) is 6.42 Å². The van der Waals surface area contributed by atoms with Gasteiger partial charge in [-0.1, -0.05) is 18.2 Å². The molecule has 0 radical (unpaired) electrons. The van der Waals surface area contributed by atoms with Gasteiger partial charge in [0, 0.05) is 35.7 Å². The molecule has 5 nitrogen and oxygen atoms in total. The van der Waals surface area contributed by atoms with Crippen molar-refractivity contribution in [2.75, 3.05) is 5.32 Å². The summed E-state index contributed by atoms with van der Waals surface area (Å²) in [6, 6.07) is 10.7. The number of aromatic nitrogens is 2. The monoisotopic (exact) mass is 397 g/mol. The number of benzene rings is 2. The van der Waals surface area contributed by atoms with Gasteiger partial charge in [0.1, 0.15) is 17.2 Å². The fraction of sp³-hybridized carbons (Fsp3) is 0.0500. The number of anilines is 1. The van der Waals surface area contributed by atoms with Gasteiger partial charge in [0.25, 0.3) is 0 Å². The fourth-order valence-electron chi connectivity index (χ4n) is 2.56. The number of nitrogens with zero attached hydrogens (tertiary/aromatic N) is 2. The number of carbonyl (C=O) groups excluding carboxylic acids is 1. The maximum atomic E-state index is 13.7. The normalized spacial score (nSPS) is 11.4. The summed E-state index contributed by atoms with van der Waals surface area (Å²) >= 11 is 1.22. The number of nitrogens with one attached hydrogen (secondary N) is 1. The second-order valence-electron chi connectivity index (χ2n) is 5.89. The molecule has 8 heteroatoms. The lowest BCUT2D eigenvalue weighted by atomic mass is 10.1. The molecule has 4 aromatic rings. The number of thiazole rings is 1. The highest BCUT2D eigenvalue weighted by atomic mass is 32.1. The molecule has 0 bridgehead atoms. The Balaban J connectivity index is 1.39. The van der Waals surface area contributed by atoms with E-state index in [2.05, 4.69) is 15.3 Å². The number of amides is 1. The van der Waals surface area contributed by atoms with Crippen LogP contribution in [0.5, 0.6) is 0 Å². The lowest BCUT2D eigenvalue weighted by molar-refractivity contribution is -0.111. The standard InChI is InChI=1S/C20H13F2N3O2S/c21-13-6-5-12(15(22)10-13)9-14-11-23-20(28-14)25-18(26)7-8-19-24-16-3-1-2-4-17(16)27-19/h1-8,10-11H,9H2,(H,23,25,26)/b8-7+. The van der Waals surface area contributed by atoms with Gasteiger partial charge in [0.2, 0.25) is 11.8 Å². The molecule has 0 aliphatic heterocycles. The maximum absolute atomic E-state index is 13.7. The van der Waals surface area contributed by atoms with E-state index in [1.165, 1.54) is 35.6 Å². The summed E-state index contributed by atoms with van der Waals surface area (Å²) in [5, 5.41) is 3.01. The van der Waals surface area contributed by atoms with Gasteiger partial charge in [-0.05, 0) is 23.8 Å². The second-order valence-corrected chi connectivity index (χ2v) is 7.00. The second kappa shape index (κ2) is 7.69. The van der Waals surface area contributed by atoms with E-state index in [4.69, 9.17) is 4.42 Å². The predicted molar refractivity (Wildman–Crippen MR) is 103 cm³/mol. The summed E-state index contributed by atoms with van der Waals surface area (Å²) in [6.45, 7) is 0. The van der Waals surface area contributed by atoms with Gasteiger partial charge >= 0.3 is 0 Å². The number of rotatable bonds is 5. The van der Waals surface area contributed by atoms with Crippen LogP contribution in [-0.2, 0) is 11.2 Å². The van der Waals surface area contributed by atoms with Gasteiger partial charge in [-0.2, -0.15) is 0 Å². The topological polar surface area (TPSA) is 68.0 Å². The minimum Gasteiger partial charge on any atom is -0.437 e. The maximum Gasteiger partial charge on any atom is 0.250 e. The first-order valence-corrected chi connectivity index (χ1v) is 9.12. The number of oxazole rings is 1. The fourth-order valence-corrected chi connectivity index (χ4v) is 3.39. The van der Waals surface area contributed by atoms with E-state index in [1.54, 1.807) is 12.3 Å². The highest BCUT2D eigenvalue weighted by molar-refractivity contribution is 7.15. The van der Waals surface area contributed by atoms with Crippen molar-refractivity contribution in [2.45, 2.75) is 6.42 Å². The number of para-hydroxylation sites is 2. The SMILES string of the molecule is O=C(/C=C/c1nc2ccccc2o1)Nc1ncc(Cc2ccc(F)cc2F)s1. The van der Waals surface area contributed by atoms with Crippen LogP contribution in [0.2, 0.25) is 0 Å². The number of carbonyl (C=O) groups is 1. The summed E-state index contributed by atoms with van der Waals surface area (Å²) < 4.78 is 32.2. The lowest BCUT2D eigenvalue weighted by Crippen LogP contribution is -2.07. The Kier molecular flexibility index (Phi) is 4.94. The third-order valence-electron chi connectivity index (χ3n) is 3.85. The average Bonchev–Trinajstić information content (AvgIpc) is 3.28. The Morgan fingerprint density at radius 3 is 2.89 bits per heavy atom. The van der Waals surface area contributed by atoms with Gasteiger partial charge in [-0.3, -0.25) is 10.1 Å². The average molecular weight is 397 g/mol. The first kappa shape index (κ1) is 18.0. The molecular formula is C20H13F2N3O2S. The van der Waals surface area contributed by atoms with Crippen molar-refractivity contribution >= 4 is 39.6 Å². The van der Waals surface area contributed by atoms with Crippen LogP contribution < -0.4 is 5.32 Å². The third-order valence-corrected chi connectivity index (χ3v) is 4.76. The molecule has 1 N–H and O–H groups in total. The molecule has 1 amide bonds. The Bertz CT molecular complexity index is 1150. The Labute approximate surface area is 162 Å². The van der Waals surface area contributed by atoms with Gasteiger partial charge in [0.15, 0.2) is 10.7 Å². The Hall–Kier alpha value is -3.39. The predicted octanol–water partition coefficient (Wildman–Crippen LogP) is 4.81. The smallest absolute Gasteiger partial charge is 0.250 e. The molecule has 4 rings (SSSR count). The van der Waals surface area contributed by atoms with Crippen molar-refractivity contribution in [1.29, 1.82) is 0 Å². The number of hydrogen-bond donors (Lipinski definition) is 1. The van der Waals surface area contributed by atoms with E-state index in [0.29, 0.717) is 27.7 Å². The molecule has 0 aliphatic carbocycles. The largest absolute Gasteiger partial charge is 0.437 e. The van der Waals surface area contributed by atoms with Crippen LogP contribution in [0.1, 0.15) is 16.3 Å². The molecule has 2 aromatic heterocycles. The summed E-state index contributed by atoms with van der Waals surface area (Å²) in [7, 11) is 0. The van der Waals surface area contributed by atoms with Crippen molar-refractivity contribution < 1.29 is 18.0 Å². The third kappa shape index (κ3) is 4.12. The molecule has 0 unspecified atom stereocenters. The number of hydrogen-bond acceptors (Lipinski definition) is 5. The molecule has 0 spiro atoms. The van der Waals surface area contributed by atoms with Crippen molar-refractivity contribution in [3.63, 3.8) is 0 Å². The summed E-state index contributed by atoms with van der Waals surface area (Å²) in [6.07, 6.45) is 4.58. The van der Waals surface area contributed by atoms with Gasteiger partial charge in [-0.25, -0.2) is 18.7 Å². The molecular weight excluding hydrogens is 384 g/mol. The molecule has 140 valence electrons. The summed E-state index contributed by atoms with van der Waals surface area (Å²) in [5.74, 6) is -1.30. The molecule has 0 atom stereocenters. The van der Waals surface area contributed by atoms with Crippen molar-refractivity contribution in [3.05, 3.63) is 82.7 Å². The highest BCUT2D eigenvalue weighted by Crippen LogP contribution is 2.23. The van der Waals surface area contributed by atoms with Crippen molar-refractivity contribution in [2.24, 2.45) is 0 Å². The summed E-state index contributed by atoms with van der Waals surface area (Å²) in [5.41, 5.74) is 1.71. The quantitative estimate of drug-likeness (QED) is 0.491. The Morgan fingerprint density at radius 1 is 1.21 bits per heavy atom. The minimum atomic E-state index is -0.621. The van der Waals surface area contributed by atoms with Crippen LogP contribution in [0.15, 0.2) is 59.2 Å². The minimum absolute atomic E-state index is 0.262. The Morgan fingerprint density at radius 2 is 2.07 bits per heavy atom.